The van der Waals surface area contributed by atoms with E-state index in [0.717, 1.165) is 74.4 Å². The van der Waals surface area contributed by atoms with Crippen molar-refractivity contribution in [3.8, 4) is 28.8 Å². The van der Waals surface area contributed by atoms with Crippen LogP contribution < -0.4 is 10.2 Å². The van der Waals surface area contributed by atoms with Crippen LogP contribution in [-0.2, 0) is 15.6 Å². The number of nitrogens with one attached hydrogen (secondary N) is 1. The molecule has 39 heavy (non-hydrogen) atoms. The topological polar surface area (TPSA) is 99.2 Å². The molecule has 0 radical (unpaired) electrons. The standard InChI is InChI=1S/C19H17FN2O2S.C11H16N2O/c20-17-4-2-1-3-16(17)19-21-18(13-24-19)14-5-7-15(8-6-14)22-9-11-25(23)12-10-22;12-8-11(6-7-11)13-10(14)9-4-2-1-3-5-9/h1-8,13H,9-12H2;9H,1-7H2,(H,13,14). The Labute approximate surface area is 230 Å². The van der Waals surface area contributed by atoms with E-state index in [2.05, 4.69) is 21.3 Å². The number of oxazole rings is 1. The van der Waals surface area contributed by atoms with Crippen LogP contribution in [-0.4, -0.2) is 45.2 Å². The molecule has 6 rings (SSSR count). The van der Waals surface area contributed by atoms with Crippen LogP contribution in [0.1, 0.15) is 44.9 Å². The number of carbonyl (C=O) groups excluding carboxylic acids is 1. The molecule has 0 spiro atoms. The molecule has 3 fully saturated rings. The Balaban J connectivity index is 0.000000186. The highest BCUT2D eigenvalue weighted by atomic mass is 32.2. The van der Waals surface area contributed by atoms with E-state index in [0.29, 0.717) is 11.3 Å². The second-order valence-electron chi connectivity index (χ2n) is 10.4. The van der Waals surface area contributed by atoms with Crippen LogP contribution in [0.5, 0.6) is 0 Å². The molecule has 1 aromatic heterocycles. The van der Waals surface area contributed by atoms with Gasteiger partial charge >= 0.3 is 0 Å². The molecule has 1 aliphatic heterocycles. The normalized spacial score (nSPS) is 18.9. The van der Waals surface area contributed by atoms with Crippen LogP contribution in [0.25, 0.3) is 22.7 Å². The molecule has 2 aromatic carbocycles. The fourth-order valence-corrected chi connectivity index (χ4v) is 6.05. The predicted molar refractivity (Wildman–Crippen MR) is 150 cm³/mol. The van der Waals surface area contributed by atoms with Gasteiger partial charge in [-0.05, 0) is 49.9 Å². The Morgan fingerprint density at radius 3 is 2.41 bits per heavy atom. The molecule has 204 valence electrons. The fourth-order valence-electron chi connectivity index (χ4n) is 5.00. The number of amides is 1. The first-order chi connectivity index (χ1) is 19.0. The molecule has 0 unspecified atom stereocenters. The van der Waals surface area contributed by atoms with Crippen molar-refractivity contribution >= 4 is 22.4 Å². The van der Waals surface area contributed by atoms with Gasteiger partial charge < -0.3 is 14.6 Å². The third-order valence-corrected chi connectivity index (χ3v) is 8.89. The van der Waals surface area contributed by atoms with Gasteiger partial charge in [-0.2, -0.15) is 5.26 Å². The lowest BCUT2D eigenvalue weighted by Gasteiger charge is -2.28. The van der Waals surface area contributed by atoms with Gasteiger partial charge in [-0.1, -0.05) is 43.5 Å². The van der Waals surface area contributed by atoms with Gasteiger partial charge in [0.2, 0.25) is 11.8 Å². The molecule has 0 atom stereocenters. The number of nitrogens with zero attached hydrogens (tertiary/aromatic N) is 3. The Morgan fingerprint density at radius 1 is 1.08 bits per heavy atom. The van der Waals surface area contributed by atoms with Crippen molar-refractivity contribution in [3.63, 3.8) is 0 Å². The largest absolute Gasteiger partial charge is 0.444 e. The summed E-state index contributed by atoms with van der Waals surface area (Å²) >= 11 is 0. The summed E-state index contributed by atoms with van der Waals surface area (Å²) in [6, 6.07) is 16.6. The summed E-state index contributed by atoms with van der Waals surface area (Å²) in [6.07, 6.45) is 8.81. The highest BCUT2D eigenvalue weighted by Gasteiger charge is 2.45. The lowest BCUT2D eigenvalue weighted by atomic mass is 9.88. The van der Waals surface area contributed by atoms with E-state index in [-0.39, 0.29) is 23.5 Å². The van der Waals surface area contributed by atoms with Gasteiger partial charge in [-0.3, -0.25) is 9.00 Å². The number of hydrogen-bond acceptors (Lipinski definition) is 6. The Kier molecular flexibility index (Phi) is 8.41. The second kappa shape index (κ2) is 12.1. The summed E-state index contributed by atoms with van der Waals surface area (Å²) in [6.45, 7) is 1.63. The molecular formula is C30H33FN4O3S. The van der Waals surface area contributed by atoms with Gasteiger partial charge in [0, 0.05) is 52.6 Å². The van der Waals surface area contributed by atoms with Crippen molar-refractivity contribution in [2.75, 3.05) is 29.5 Å². The molecule has 9 heteroatoms. The molecule has 2 aliphatic carbocycles. The summed E-state index contributed by atoms with van der Waals surface area (Å²) in [5, 5.41) is 11.7. The molecule has 1 saturated heterocycles. The zero-order valence-electron chi connectivity index (χ0n) is 21.9. The SMILES string of the molecule is N#CC1(NC(=O)C2CCCCC2)CC1.O=S1CCN(c2ccc(-c3coc(-c4ccccc4F)n3)cc2)CC1. The fraction of sp³-hybridized carbons (Fsp3) is 0.433. The number of anilines is 1. The third-order valence-electron chi connectivity index (χ3n) is 7.62. The number of carbonyl (C=O) groups is 1. The molecule has 0 bridgehead atoms. The maximum Gasteiger partial charge on any atom is 0.229 e. The highest BCUT2D eigenvalue weighted by Crippen LogP contribution is 2.35. The summed E-state index contributed by atoms with van der Waals surface area (Å²) in [5.41, 5.74) is 2.57. The van der Waals surface area contributed by atoms with Crippen LogP contribution >= 0.6 is 0 Å². The maximum absolute atomic E-state index is 13.8. The molecule has 7 nitrogen and oxygen atoms in total. The van der Waals surface area contributed by atoms with Gasteiger partial charge in [0.25, 0.3) is 0 Å². The first kappa shape index (κ1) is 27.1. The monoisotopic (exact) mass is 548 g/mol. The zero-order chi connectivity index (χ0) is 27.2. The minimum Gasteiger partial charge on any atom is -0.444 e. The number of rotatable bonds is 5. The van der Waals surface area contributed by atoms with Gasteiger partial charge in [-0.25, -0.2) is 9.37 Å². The van der Waals surface area contributed by atoms with Crippen molar-refractivity contribution in [2.45, 2.75) is 50.5 Å². The number of benzene rings is 2. The Hall–Kier alpha value is -3.51. The highest BCUT2D eigenvalue weighted by molar-refractivity contribution is 7.85. The van der Waals surface area contributed by atoms with Crippen molar-refractivity contribution in [1.29, 1.82) is 5.26 Å². The molecule has 3 aromatic rings. The average molecular weight is 549 g/mol. The lowest BCUT2D eigenvalue weighted by Crippen LogP contribution is -2.40. The van der Waals surface area contributed by atoms with E-state index in [1.165, 1.54) is 12.5 Å². The lowest BCUT2D eigenvalue weighted by molar-refractivity contribution is -0.126. The minimum atomic E-state index is -0.681. The van der Waals surface area contributed by atoms with Crippen LogP contribution in [0.4, 0.5) is 10.1 Å². The predicted octanol–water partition coefficient (Wildman–Crippen LogP) is 5.46. The molecule has 2 saturated carbocycles. The number of halogens is 1. The number of nitriles is 1. The van der Waals surface area contributed by atoms with E-state index >= 15 is 0 Å². The Morgan fingerprint density at radius 2 is 1.77 bits per heavy atom. The van der Waals surface area contributed by atoms with Gasteiger partial charge in [0.15, 0.2) is 0 Å². The summed E-state index contributed by atoms with van der Waals surface area (Å²) in [4.78, 5) is 18.4. The molecule has 1 amide bonds. The summed E-state index contributed by atoms with van der Waals surface area (Å²) in [7, 11) is -0.681. The van der Waals surface area contributed by atoms with Crippen LogP contribution in [0.2, 0.25) is 0 Å². The smallest absolute Gasteiger partial charge is 0.229 e. The number of aromatic nitrogens is 1. The van der Waals surface area contributed by atoms with E-state index in [1.807, 2.05) is 24.3 Å². The van der Waals surface area contributed by atoms with Crippen LogP contribution in [0.3, 0.4) is 0 Å². The van der Waals surface area contributed by atoms with Crippen LogP contribution in [0, 0.1) is 23.1 Å². The van der Waals surface area contributed by atoms with E-state index in [9.17, 15) is 13.4 Å². The summed E-state index contributed by atoms with van der Waals surface area (Å²) < 4.78 is 30.8. The third kappa shape index (κ3) is 6.74. The zero-order valence-corrected chi connectivity index (χ0v) is 22.7. The number of hydrogen-bond donors (Lipinski definition) is 1. The second-order valence-corrected chi connectivity index (χ2v) is 12.1. The quantitative estimate of drug-likeness (QED) is 0.455. The minimum absolute atomic E-state index is 0.115. The van der Waals surface area contributed by atoms with Crippen molar-refractivity contribution < 1.29 is 17.8 Å². The summed E-state index contributed by atoms with van der Waals surface area (Å²) in [5.74, 6) is 1.65. The van der Waals surface area contributed by atoms with E-state index in [4.69, 9.17) is 9.68 Å². The van der Waals surface area contributed by atoms with Gasteiger partial charge in [0.05, 0.1) is 11.6 Å². The van der Waals surface area contributed by atoms with Gasteiger partial charge in [0.1, 0.15) is 23.3 Å². The van der Waals surface area contributed by atoms with Crippen LogP contribution in [0.15, 0.2) is 59.2 Å². The first-order valence-corrected chi connectivity index (χ1v) is 15.1. The van der Waals surface area contributed by atoms with Gasteiger partial charge in [-0.15, -0.1) is 0 Å². The van der Waals surface area contributed by atoms with E-state index < -0.39 is 16.3 Å². The molecule has 3 aliphatic rings. The van der Waals surface area contributed by atoms with E-state index in [1.54, 1.807) is 24.5 Å². The molecule has 2 heterocycles. The average Bonchev–Trinajstić information content (AvgIpc) is 3.58. The molecule has 1 N–H and O–H groups in total. The van der Waals surface area contributed by atoms with Crippen molar-refractivity contribution in [1.82, 2.24) is 10.3 Å². The molecular weight excluding hydrogens is 515 g/mol. The first-order valence-electron chi connectivity index (χ1n) is 13.6. The van der Waals surface area contributed by atoms with Crippen molar-refractivity contribution in [2.24, 2.45) is 5.92 Å². The Bertz CT molecular complexity index is 1350. The van der Waals surface area contributed by atoms with Crippen molar-refractivity contribution in [3.05, 3.63) is 60.6 Å². The maximum atomic E-state index is 13.8.